The first-order valence-electron chi connectivity index (χ1n) is 7.38. The maximum atomic E-state index is 12.5. The molecule has 2 unspecified atom stereocenters. The molecule has 1 aliphatic rings. The lowest BCUT2D eigenvalue weighted by Crippen LogP contribution is -2.37. The molecule has 1 aromatic rings. The molecule has 110 valence electrons. The third-order valence-electron chi connectivity index (χ3n) is 4.28. The van der Waals surface area contributed by atoms with Gasteiger partial charge in [0.2, 0.25) is 5.91 Å². The summed E-state index contributed by atoms with van der Waals surface area (Å²) in [6.45, 7) is 8.54. The fourth-order valence-electron chi connectivity index (χ4n) is 2.80. The summed E-state index contributed by atoms with van der Waals surface area (Å²) in [5, 5.41) is -0.226. The van der Waals surface area contributed by atoms with Gasteiger partial charge < -0.3 is 4.90 Å². The third-order valence-corrected chi connectivity index (χ3v) is 4.69. The van der Waals surface area contributed by atoms with Crippen molar-refractivity contribution in [2.75, 3.05) is 13.1 Å². The molecule has 1 fully saturated rings. The molecule has 0 spiro atoms. The molecule has 0 bridgehead atoms. The highest BCUT2D eigenvalue weighted by Crippen LogP contribution is 2.34. The van der Waals surface area contributed by atoms with Crippen LogP contribution in [0.15, 0.2) is 30.3 Å². The summed E-state index contributed by atoms with van der Waals surface area (Å²) in [6, 6.07) is 10.1. The number of carbonyl (C=O) groups is 1. The van der Waals surface area contributed by atoms with Crippen molar-refractivity contribution in [1.29, 1.82) is 0 Å². The number of thiol groups is 1. The van der Waals surface area contributed by atoms with E-state index >= 15 is 0 Å². The minimum atomic E-state index is -0.226. The summed E-state index contributed by atoms with van der Waals surface area (Å²) in [7, 11) is 0. The molecule has 2 nitrogen and oxygen atoms in total. The fourth-order valence-corrected chi connectivity index (χ4v) is 3.18. The number of rotatable bonds is 3. The van der Waals surface area contributed by atoms with Crippen molar-refractivity contribution >= 4 is 18.5 Å². The lowest BCUT2D eigenvalue weighted by Gasteiger charge is -2.27. The Hall–Kier alpha value is -0.960. The van der Waals surface area contributed by atoms with Crippen molar-refractivity contribution in [3.63, 3.8) is 0 Å². The maximum Gasteiger partial charge on any atom is 0.235 e. The van der Waals surface area contributed by atoms with E-state index < -0.39 is 0 Å². The van der Waals surface area contributed by atoms with Crippen LogP contribution >= 0.6 is 12.6 Å². The van der Waals surface area contributed by atoms with Crippen molar-refractivity contribution in [2.24, 2.45) is 11.3 Å². The van der Waals surface area contributed by atoms with Gasteiger partial charge in [-0.25, -0.2) is 0 Å². The molecule has 1 amide bonds. The highest BCUT2D eigenvalue weighted by atomic mass is 32.1. The smallest absolute Gasteiger partial charge is 0.235 e. The van der Waals surface area contributed by atoms with Gasteiger partial charge in [-0.15, -0.1) is 0 Å². The first-order valence-corrected chi connectivity index (χ1v) is 7.90. The van der Waals surface area contributed by atoms with Gasteiger partial charge >= 0.3 is 0 Å². The predicted molar refractivity (Wildman–Crippen MR) is 87.1 cm³/mol. The first-order chi connectivity index (χ1) is 9.38. The zero-order valence-corrected chi connectivity index (χ0v) is 13.6. The van der Waals surface area contributed by atoms with Crippen LogP contribution < -0.4 is 0 Å². The van der Waals surface area contributed by atoms with Gasteiger partial charge in [0.25, 0.3) is 0 Å². The Bertz CT molecular complexity index is 452. The van der Waals surface area contributed by atoms with Crippen molar-refractivity contribution in [3.05, 3.63) is 35.9 Å². The Morgan fingerprint density at radius 2 is 2.00 bits per heavy atom. The number of likely N-dealkylation sites (tertiary alicyclic amines) is 1. The van der Waals surface area contributed by atoms with E-state index in [1.165, 1.54) is 5.56 Å². The molecule has 0 aliphatic carbocycles. The van der Waals surface area contributed by atoms with Crippen LogP contribution in [0, 0.1) is 11.3 Å². The van der Waals surface area contributed by atoms with Crippen LogP contribution in [0.4, 0.5) is 0 Å². The molecule has 20 heavy (non-hydrogen) atoms. The van der Waals surface area contributed by atoms with Gasteiger partial charge in [0, 0.05) is 13.1 Å². The second kappa shape index (κ2) is 6.21. The van der Waals surface area contributed by atoms with Crippen LogP contribution in [0.2, 0.25) is 0 Å². The number of amides is 1. The topological polar surface area (TPSA) is 20.3 Å². The van der Waals surface area contributed by atoms with Gasteiger partial charge in [-0.05, 0) is 29.7 Å². The van der Waals surface area contributed by atoms with Gasteiger partial charge in [-0.3, -0.25) is 4.79 Å². The van der Waals surface area contributed by atoms with E-state index in [9.17, 15) is 4.79 Å². The van der Waals surface area contributed by atoms with E-state index in [1.54, 1.807) is 0 Å². The molecular formula is C17H25NOS. The minimum Gasteiger partial charge on any atom is -0.341 e. The predicted octanol–water partition coefficient (Wildman–Crippen LogP) is 3.42. The lowest BCUT2D eigenvalue weighted by molar-refractivity contribution is -0.129. The standard InChI is InChI=1S/C17H25NOS/c1-17(2,3)14-9-10-18(12-14)16(19)15(20)11-13-7-5-4-6-8-13/h4-8,14-15,20H,9-12H2,1-3H3. The van der Waals surface area contributed by atoms with Gasteiger partial charge in [-0.2, -0.15) is 12.6 Å². The van der Waals surface area contributed by atoms with Crippen LogP contribution in [-0.4, -0.2) is 29.1 Å². The molecule has 0 radical (unpaired) electrons. The monoisotopic (exact) mass is 291 g/mol. The normalized spacial score (nSPS) is 21.0. The summed E-state index contributed by atoms with van der Waals surface area (Å²) in [4.78, 5) is 14.5. The van der Waals surface area contributed by atoms with Gasteiger partial charge in [0.05, 0.1) is 5.25 Å². The lowest BCUT2D eigenvalue weighted by atomic mass is 9.80. The van der Waals surface area contributed by atoms with Crippen molar-refractivity contribution in [2.45, 2.75) is 38.9 Å². The molecule has 1 heterocycles. The molecule has 3 heteroatoms. The van der Waals surface area contributed by atoms with Crippen LogP contribution in [0.1, 0.15) is 32.8 Å². The second-order valence-corrected chi connectivity index (χ2v) is 7.46. The SMILES string of the molecule is CC(C)(C)C1CCN(C(=O)C(S)Cc2ccccc2)C1. The molecule has 2 atom stereocenters. The summed E-state index contributed by atoms with van der Waals surface area (Å²) in [6.07, 6.45) is 1.82. The molecule has 0 N–H and O–H groups in total. The van der Waals surface area contributed by atoms with Crippen molar-refractivity contribution < 1.29 is 4.79 Å². The molecule has 2 rings (SSSR count). The fraction of sp³-hybridized carbons (Fsp3) is 0.588. The molecule has 0 saturated carbocycles. The van der Waals surface area contributed by atoms with Crippen LogP contribution in [0.5, 0.6) is 0 Å². The highest BCUT2D eigenvalue weighted by Gasteiger charge is 2.35. The number of carbonyl (C=O) groups excluding carboxylic acids is 1. The van der Waals surface area contributed by atoms with E-state index in [0.717, 1.165) is 19.5 Å². The summed E-state index contributed by atoms with van der Waals surface area (Å²) < 4.78 is 0. The van der Waals surface area contributed by atoms with Crippen LogP contribution in [0.25, 0.3) is 0 Å². The molecule has 1 aliphatic heterocycles. The van der Waals surface area contributed by atoms with Crippen molar-refractivity contribution in [3.8, 4) is 0 Å². The average Bonchev–Trinajstić information content (AvgIpc) is 2.88. The zero-order valence-electron chi connectivity index (χ0n) is 12.7. The summed E-state index contributed by atoms with van der Waals surface area (Å²) in [5.41, 5.74) is 1.45. The largest absolute Gasteiger partial charge is 0.341 e. The van der Waals surface area contributed by atoms with E-state index in [1.807, 2.05) is 23.1 Å². The average molecular weight is 291 g/mol. The van der Waals surface area contributed by atoms with E-state index in [-0.39, 0.29) is 16.6 Å². The Kier molecular flexibility index (Phi) is 4.79. The first kappa shape index (κ1) is 15.4. The quantitative estimate of drug-likeness (QED) is 0.846. The number of hydrogen-bond donors (Lipinski definition) is 1. The molecule has 1 aromatic carbocycles. The van der Waals surface area contributed by atoms with Gasteiger partial charge in [-0.1, -0.05) is 51.1 Å². The number of nitrogens with zero attached hydrogens (tertiary/aromatic N) is 1. The zero-order chi connectivity index (χ0) is 14.8. The Morgan fingerprint density at radius 1 is 1.35 bits per heavy atom. The van der Waals surface area contributed by atoms with E-state index in [4.69, 9.17) is 0 Å². The Morgan fingerprint density at radius 3 is 2.55 bits per heavy atom. The number of hydrogen-bond acceptors (Lipinski definition) is 2. The summed E-state index contributed by atoms with van der Waals surface area (Å²) >= 11 is 4.52. The van der Waals surface area contributed by atoms with Gasteiger partial charge in [0.15, 0.2) is 0 Å². The maximum absolute atomic E-state index is 12.5. The molecular weight excluding hydrogens is 266 g/mol. The minimum absolute atomic E-state index is 0.184. The van der Waals surface area contributed by atoms with Crippen LogP contribution in [0.3, 0.4) is 0 Å². The Balaban J connectivity index is 1.92. The number of benzene rings is 1. The third kappa shape index (κ3) is 3.78. The molecule has 0 aromatic heterocycles. The molecule has 1 saturated heterocycles. The summed E-state index contributed by atoms with van der Waals surface area (Å²) in [5.74, 6) is 0.785. The van der Waals surface area contributed by atoms with Crippen LogP contribution in [-0.2, 0) is 11.2 Å². The second-order valence-electron chi connectivity index (χ2n) is 6.84. The Labute approximate surface area is 128 Å². The van der Waals surface area contributed by atoms with Crippen molar-refractivity contribution in [1.82, 2.24) is 4.90 Å². The van der Waals surface area contributed by atoms with Gasteiger partial charge in [0.1, 0.15) is 0 Å². The van der Waals surface area contributed by atoms with E-state index in [0.29, 0.717) is 12.3 Å². The van der Waals surface area contributed by atoms with E-state index in [2.05, 4.69) is 45.5 Å². The highest BCUT2D eigenvalue weighted by molar-refractivity contribution is 7.81.